The molecule has 0 fully saturated rings. The Morgan fingerprint density at radius 3 is 2.75 bits per heavy atom. The van der Waals surface area contributed by atoms with E-state index in [9.17, 15) is 0 Å². The second kappa shape index (κ2) is 6.66. The minimum Gasteiger partial charge on any atom is -0.317 e. The number of unbranched alkanes of at least 4 members (excludes halogenated alkanes) is 1. The van der Waals surface area contributed by atoms with Gasteiger partial charge in [0.1, 0.15) is 0 Å². The zero-order chi connectivity index (χ0) is 6.24. The molecule has 0 aromatic carbocycles. The van der Waals surface area contributed by atoms with Crippen molar-refractivity contribution in [2.45, 2.75) is 19.8 Å². The Bertz CT molecular complexity index is 53.5. The molecule has 0 amide bonds. The van der Waals surface area contributed by atoms with Gasteiger partial charge in [0.2, 0.25) is 0 Å². The lowest BCUT2D eigenvalue weighted by atomic mass is 10.3. The van der Waals surface area contributed by atoms with E-state index in [4.69, 9.17) is 5.21 Å². The van der Waals surface area contributed by atoms with E-state index in [1.54, 1.807) is 0 Å². The third kappa shape index (κ3) is 5.66. The van der Waals surface area contributed by atoms with Crippen molar-refractivity contribution in [3.05, 3.63) is 12.2 Å². The Balaban J connectivity index is 2.83. The van der Waals surface area contributed by atoms with E-state index in [0.29, 0.717) is 6.54 Å². The molecular weight excluding hydrogens is 102 g/mol. The fraction of sp³-hybridized carbons (Fsp3) is 0.667. The monoisotopic (exact) mass is 115 g/mol. The average molecular weight is 115 g/mol. The summed E-state index contributed by atoms with van der Waals surface area (Å²) in [4.78, 5) is 0. The molecule has 0 aromatic heterocycles. The molecule has 8 heavy (non-hydrogen) atoms. The largest absolute Gasteiger partial charge is 0.317 e. The van der Waals surface area contributed by atoms with Gasteiger partial charge in [0.15, 0.2) is 0 Å². The lowest BCUT2D eigenvalue weighted by Crippen LogP contribution is -2.04. The summed E-state index contributed by atoms with van der Waals surface area (Å²) in [5, 5.41) is 8.06. The molecule has 0 atom stereocenters. The highest BCUT2D eigenvalue weighted by atomic mass is 16.5. The Morgan fingerprint density at radius 2 is 2.25 bits per heavy atom. The first-order valence-corrected chi connectivity index (χ1v) is 2.93. The van der Waals surface area contributed by atoms with Crippen LogP contribution in [0.2, 0.25) is 0 Å². The van der Waals surface area contributed by atoms with Gasteiger partial charge in [0.05, 0.1) is 0 Å². The van der Waals surface area contributed by atoms with Gasteiger partial charge in [0, 0.05) is 6.54 Å². The SMILES string of the molecule is CCC/C=C/CNO. The zero-order valence-electron chi connectivity index (χ0n) is 5.22. The predicted octanol–water partition coefficient (Wildman–Crippen LogP) is 1.32. The maximum Gasteiger partial charge on any atom is 0.0388 e. The van der Waals surface area contributed by atoms with Gasteiger partial charge < -0.3 is 5.21 Å². The van der Waals surface area contributed by atoms with Crippen LogP contribution in [-0.4, -0.2) is 11.8 Å². The van der Waals surface area contributed by atoms with Gasteiger partial charge in [-0.05, 0) is 6.42 Å². The van der Waals surface area contributed by atoms with E-state index in [-0.39, 0.29) is 0 Å². The summed E-state index contributed by atoms with van der Waals surface area (Å²) in [5.41, 5.74) is 2.04. The molecule has 0 bridgehead atoms. The predicted molar refractivity (Wildman–Crippen MR) is 33.8 cm³/mol. The number of hydrogen-bond acceptors (Lipinski definition) is 2. The van der Waals surface area contributed by atoms with E-state index >= 15 is 0 Å². The molecule has 0 aliphatic carbocycles. The Labute approximate surface area is 50.2 Å². The number of hydroxylamine groups is 1. The summed E-state index contributed by atoms with van der Waals surface area (Å²) in [7, 11) is 0. The van der Waals surface area contributed by atoms with Crippen molar-refractivity contribution in [1.29, 1.82) is 0 Å². The third-order valence-electron chi connectivity index (χ3n) is 0.831. The first-order valence-electron chi connectivity index (χ1n) is 2.93. The van der Waals surface area contributed by atoms with Crippen molar-refractivity contribution in [2.75, 3.05) is 6.54 Å². The molecule has 2 N–H and O–H groups in total. The molecule has 0 radical (unpaired) electrons. The minimum atomic E-state index is 0.556. The number of rotatable bonds is 4. The lowest BCUT2D eigenvalue weighted by Gasteiger charge is -1.85. The van der Waals surface area contributed by atoms with Crippen LogP contribution in [0.15, 0.2) is 12.2 Å². The van der Waals surface area contributed by atoms with E-state index in [2.05, 4.69) is 6.92 Å². The topological polar surface area (TPSA) is 32.3 Å². The molecule has 0 aromatic rings. The lowest BCUT2D eigenvalue weighted by molar-refractivity contribution is 0.179. The van der Waals surface area contributed by atoms with Crippen molar-refractivity contribution in [1.82, 2.24) is 5.48 Å². The van der Waals surface area contributed by atoms with Crippen molar-refractivity contribution in [2.24, 2.45) is 0 Å². The molecule has 0 heterocycles. The van der Waals surface area contributed by atoms with Crippen LogP contribution in [0.25, 0.3) is 0 Å². The first kappa shape index (κ1) is 7.66. The smallest absolute Gasteiger partial charge is 0.0388 e. The molecule has 0 spiro atoms. The van der Waals surface area contributed by atoms with Gasteiger partial charge in [-0.25, -0.2) is 5.48 Å². The van der Waals surface area contributed by atoms with Gasteiger partial charge in [-0.3, -0.25) is 0 Å². The summed E-state index contributed by atoms with van der Waals surface area (Å²) >= 11 is 0. The molecule has 0 saturated carbocycles. The van der Waals surface area contributed by atoms with Gasteiger partial charge in [-0.1, -0.05) is 25.5 Å². The van der Waals surface area contributed by atoms with Crippen LogP contribution in [0.4, 0.5) is 0 Å². The molecule has 48 valence electrons. The quantitative estimate of drug-likeness (QED) is 0.428. The standard InChI is InChI=1S/C6H13NO/c1-2-3-4-5-6-7-8/h4-5,7-8H,2-3,6H2,1H3/b5-4+. The molecule has 0 unspecified atom stereocenters. The summed E-state index contributed by atoms with van der Waals surface area (Å²) in [5.74, 6) is 0. The van der Waals surface area contributed by atoms with Crippen LogP contribution < -0.4 is 5.48 Å². The summed E-state index contributed by atoms with van der Waals surface area (Å²) in [6.45, 7) is 2.68. The maximum atomic E-state index is 8.06. The molecule has 0 rings (SSSR count). The highest BCUT2D eigenvalue weighted by Crippen LogP contribution is 1.85. The van der Waals surface area contributed by atoms with Crippen LogP contribution in [0.3, 0.4) is 0 Å². The number of allylic oxidation sites excluding steroid dienone is 1. The maximum absolute atomic E-state index is 8.06. The summed E-state index contributed by atoms with van der Waals surface area (Å²) in [6, 6.07) is 0. The van der Waals surface area contributed by atoms with E-state index in [1.807, 2.05) is 17.6 Å². The van der Waals surface area contributed by atoms with Crippen LogP contribution in [0.1, 0.15) is 19.8 Å². The summed E-state index contributed by atoms with van der Waals surface area (Å²) < 4.78 is 0. The average Bonchev–Trinajstić information content (AvgIpc) is 1.81. The van der Waals surface area contributed by atoms with Crippen molar-refractivity contribution < 1.29 is 5.21 Å². The molecule has 0 aliphatic heterocycles. The van der Waals surface area contributed by atoms with Crippen LogP contribution in [-0.2, 0) is 0 Å². The zero-order valence-corrected chi connectivity index (χ0v) is 5.22. The molecule has 0 saturated heterocycles. The van der Waals surface area contributed by atoms with E-state index in [0.717, 1.165) is 6.42 Å². The van der Waals surface area contributed by atoms with Crippen molar-refractivity contribution in [3.63, 3.8) is 0 Å². The van der Waals surface area contributed by atoms with E-state index in [1.165, 1.54) is 6.42 Å². The van der Waals surface area contributed by atoms with Gasteiger partial charge in [-0.2, -0.15) is 0 Å². The normalized spacial score (nSPS) is 10.8. The molecule has 2 nitrogen and oxygen atoms in total. The van der Waals surface area contributed by atoms with Gasteiger partial charge >= 0.3 is 0 Å². The molecule has 2 heteroatoms. The third-order valence-corrected chi connectivity index (χ3v) is 0.831. The minimum absolute atomic E-state index is 0.556. The highest BCUT2D eigenvalue weighted by molar-refractivity contribution is 4.81. The van der Waals surface area contributed by atoms with E-state index < -0.39 is 0 Å². The molecule has 0 aliphatic rings. The second-order valence-electron chi connectivity index (χ2n) is 1.62. The molecular formula is C6H13NO. The van der Waals surface area contributed by atoms with Crippen molar-refractivity contribution in [3.8, 4) is 0 Å². The van der Waals surface area contributed by atoms with Gasteiger partial charge in [0.25, 0.3) is 0 Å². The summed E-state index contributed by atoms with van der Waals surface area (Å²) in [6.07, 6.45) is 6.22. The number of nitrogens with one attached hydrogen (secondary N) is 1. The number of hydrogen-bond donors (Lipinski definition) is 2. The Kier molecular flexibility index (Phi) is 6.38. The highest BCUT2D eigenvalue weighted by Gasteiger charge is 1.71. The van der Waals surface area contributed by atoms with Crippen molar-refractivity contribution >= 4 is 0 Å². The fourth-order valence-electron chi connectivity index (χ4n) is 0.421. The second-order valence-corrected chi connectivity index (χ2v) is 1.62. The van der Waals surface area contributed by atoms with Crippen LogP contribution >= 0.6 is 0 Å². The Morgan fingerprint density at radius 1 is 1.50 bits per heavy atom. The Hall–Kier alpha value is -0.340. The fourth-order valence-corrected chi connectivity index (χ4v) is 0.421. The van der Waals surface area contributed by atoms with Crippen LogP contribution in [0.5, 0.6) is 0 Å². The first-order chi connectivity index (χ1) is 3.91. The van der Waals surface area contributed by atoms with Crippen LogP contribution in [0, 0.1) is 0 Å². The van der Waals surface area contributed by atoms with Gasteiger partial charge in [-0.15, -0.1) is 0 Å².